The first-order chi connectivity index (χ1) is 9.04. The zero-order chi connectivity index (χ0) is 13.9. The first kappa shape index (κ1) is 14.6. The van der Waals surface area contributed by atoms with E-state index in [-0.39, 0.29) is 5.41 Å². The van der Waals surface area contributed by atoms with E-state index in [0.29, 0.717) is 5.84 Å². The zero-order valence-electron chi connectivity index (χ0n) is 12.4. The fourth-order valence-electron chi connectivity index (χ4n) is 3.69. The summed E-state index contributed by atoms with van der Waals surface area (Å²) in [7, 11) is 0. The smallest absolute Gasteiger partial charge is 0.144 e. The van der Waals surface area contributed by atoms with Gasteiger partial charge in [0.15, 0.2) is 0 Å². The molecule has 0 aromatic carbocycles. The van der Waals surface area contributed by atoms with Crippen LogP contribution < -0.4 is 5.73 Å². The van der Waals surface area contributed by atoms with E-state index in [1.54, 1.807) is 0 Å². The molecule has 19 heavy (non-hydrogen) atoms. The van der Waals surface area contributed by atoms with E-state index >= 15 is 0 Å². The number of nitrogens with zero attached hydrogens (tertiary/aromatic N) is 2. The first-order valence-electron chi connectivity index (χ1n) is 7.76. The van der Waals surface area contributed by atoms with Crippen LogP contribution in [0, 0.1) is 11.3 Å². The van der Waals surface area contributed by atoms with Gasteiger partial charge in [-0.25, -0.2) is 0 Å². The van der Waals surface area contributed by atoms with Gasteiger partial charge in [0.1, 0.15) is 5.84 Å². The molecule has 1 saturated carbocycles. The van der Waals surface area contributed by atoms with Crippen molar-refractivity contribution in [2.75, 3.05) is 13.1 Å². The van der Waals surface area contributed by atoms with Gasteiger partial charge in [-0.1, -0.05) is 31.8 Å². The molecule has 2 unspecified atom stereocenters. The quantitative estimate of drug-likeness (QED) is 0.356. The largest absolute Gasteiger partial charge is 0.409 e. The maximum absolute atomic E-state index is 8.84. The predicted octanol–water partition coefficient (Wildman–Crippen LogP) is 2.80. The molecule has 0 radical (unpaired) electrons. The number of hydrogen-bond acceptors (Lipinski definition) is 3. The van der Waals surface area contributed by atoms with Gasteiger partial charge in [0.25, 0.3) is 0 Å². The number of fused-ring (bicyclic) bond motifs is 1. The molecule has 1 heterocycles. The number of rotatable bonds is 4. The number of amidine groups is 1. The van der Waals surface area contributed by atoms with E-state index in [2.05, 4.69) is 23.9 Å². The Morgan fingerprint density at radius 2 is 1.95 bits per heavy atom. The number of hydrogen-bond donors (Lipinski definition) is 2. The Balaban J connectivity index is 1.91. The fourth-order valence-corrected chi connectivity index (χ4v) is 3.69. The molecular weight excluding hydrogens is 238 g/mol. The summed E-state index contributed by atoms with van der Waals surface area (Å²) in [6.45, 7) is 6.42. The van der Waals surface area contributed by atoms with E-state index in [0.717, 1.165) is 24.9 Å². The zero-order valence-corrected chi connectivity index (χ0v) is 12.4. The summed E-state index contributed by atoms with van der Waals surface area (Å²) in [5.41, 5.74) is 5.57. The molecule has 1 aliphatic carbocycles. The van der Waals surface area contributed by atoms with Crippen molar-refractivity contribution in [2.24, 2.45) is 22.2 Å². The van der Waals surface area contributed by atoms with Gasteiger partial charge in [-0.3, -0.25) is 0 Å². The van der Waals surface area contributed by atoms with Crippen LogP contribution in [0.15, 0.2) is 5.16 Å². The number of likely N-dealkylation sites (tertiary alicyclic amines) is 1. The van der Waals surface area contributed by atoms with Crippen LogP contribution in [-0.2, 0) is 0 Å². The standard InChI is InChI=1S/C15H29N3O/c1-15(2,14(16)17-19)9-11-18-10-5-7-12-6-3-4-8-13(12)18/h12-13,19H,3-11H2,1-2H3,(H2,16,17). The van der Waals surface area contributed by atoms with Gasteiger partial charge in [0.2, 0.25) is 0 Å². The SMILES string of the molecule is CC(C)(CCN1CCCC2CCCCC21)C(N)=NO. The van der Waals surface area contributed by atoms with Crippen molar-refractivity contribution in [3.05, 3.63) is 0 Å². The minimum atomic E-state index is -0.212. The Kier molecular flexibility index (Phi) is 4.71. The van der Waals surface area contributed by atoms with Crippen LogP contribution in [-0.4, -0.2) is 35.1 Å². The van der Waals surface area contributed by atoms with Crippen LogP contribution in [0.2, 0.25) is 0 Å². The van der Waals surface area contributed by atoms with Gasteiger partial charge in [0, 0.05) is 11.5 Å². The van der Waals surface area contributed by atoms with E-state index in [1.165, 1.54) is 45.1 Å². The van der Waals surface area contributed by atoms with Crippen LogP contribution in [0.4, 0.5) is 0 Å². The van der Waals surface area contributed by atoms with E-state index in [1.807, 2.05) is 0 Å². The van der Waals surface area contributed by atoms with Crippen LogP contribution in [0.5, 0.6) is 0 Å². The van der Waals surface area contributed by atoms with Gasteiger partial charge in [-0.15, -0.1) is 0 Å². The van der Waals surface area contributed by atoms with Gasteiger partial charge < -0.3 is 15.8 Å². The topological polar surface area (TPSA) is 61.8 Å². The van der Waals surface area contributed by atoms with Crippen molar-refractivity contribution >= 4 is 5.84 Å². The second-order valence-corrected chi connectivity index (χ2v) is 6.91. The Hall–Kier alpha value is -0.770. The lowest BCUT2D eigenvalue weighted by Crippen LogP contribution is -2.48. The Labute approximate surface area is 117 Å². The highest BCUT2D eigenvalue weighted by atomic mass is 16.4. The van der Waals surface area contributed by atoms with Crippen LogP contribution in [0.3, 0.4) is 0 Å². The fraction of sp³-hybridized carbons (Fsp3) is 0.933. The molecule has 1 saturated heterocycles. The molecule has 110 valence electrons. The molecule has 0 aromatic heterocycles. The first-order valence-corrected chi connectivity index (χ1v) is 7.76. The van der Waals surface area contributed by atoms with E-state index < -0.39 is 0 Å². The number of piperidine rings is 1. The molecule has 0 amide bonds. The molecule has 4 heteroatoms. The van der Waals surface area contributed by atoms with E-state index in [4.69, 9.17) is 10.9 Å². The van der Waals surface area contributed by atoms with Crippen molar-refractivity contribution in [3.8, 4) is 0 Å². The highest BCUT2D eigenvalue weighted by Gasteiger charge is 2.34. The molecule has 2 aliphatic rings. The average molecular weight is 267 g/mol. The second-order valence-electron chi connectivity index (χ2n) is 6.91. The van der Waals surface area contributed by atoms with Gasteiger partial charge in [-0.2, -0.15) is 0 Å². The van der Waals surface area contributed by atoms with Crippen LogP contribution in [0.1, 0.15) is 58.8 Å². The summed E-state index contributed by atoms with van der Waals surface area (Å²) in [5, 5.41) is 12.0. The maximum atomic E-state index is 8.84. The molecule has 2 rings (SSSR count). The molecule has 1 aliphatic heterocycles. The normalized spacial score (nSPS) is 30.1. The summed E-state index contributed by atoms with van der Waals surface area (Å²) in [6.07, 6.45) is 9.33. The third-order valence-electron chi connectivity index (χ3n) is 5.18. The Bertz CT molecular complexity index is 325. The van der Waals surface area contributed by atoms with Crippen molar-refractivity contribution in [1.82, 2.24) is 4.90 Å². The maximum Gasteiger partial charge on any atom is 0.144 e. The summed E-state index contributed by atoms with van der Waals surface area (Å²) in [5.74, 6) is 1.28. The van der Waals surface area contributed by atoms with Crippen molar-refractivity contribution in [1.29, 1.82) is 0 Å². The van der Waals surface area contributed by atoms with E-state index in [9.17, 15) is 0 Å². The van der Waals surface area contributed by atoms with Gasteiger partial charge in [0.05, 0.1) is 0 Å². The highest BCUT2D eigenvalue weighted by molar-refractivity contribution is 5.85. The molecule has 0 spiro atoms. The third-order valence-corrected chi connectivity index (χ3v) is 5.18. The summed E-state index contributed by atoms with van der Waals surface area (Å²) in [4.78, 5) is 2.67. The number of nitrogens with two attached hydrogens (primary N) is 1. The van der Waals surface area contributed by atoms with Gasteiger partial charge >= 0.3 is 0 Å². The van der Waals surface area contributed by atoms with Crippen molar-refractivity contribution in [2.45, 2.75) is 64.8 Å². The highest BCUT2D eigenvalue weighted by Crippen LogP contribution is 2.36. The summed E-state index contributed by atoms with van der Waals surface area (Å²) >= 11 is 0. The van der Waals surface area contributed by atoms with Gasteiger partial charge in [-0.05, 0) is 51.1 Å². The number of oxime groups is 1. The third kappa shape index (κ3) is 3.41. The molecular formula is C15H29N3O. The predicted molar refractivity (Wildman–Crippen MR) is 78.4 cm³/mol. The molecule has 0 bridgehead atoms. The average Bonchev–Trinajstić information content (AvgIpc) is 2.44. The lowest BCUT2D eigenvalue weighted by Gasteiger charge is -2.45. The monoisotopic (exact) mass is 267 g/mol. The lowest BCUT2D eigenvalue weighted by atomic mass is 9.77. The molecule has 2 atom stereocenters. The summed E-state index contributed by atoms with van der Waals surface area (Å²) < 4.78 is 0. The van der Waals surface area contributed by atoms with Crippen molar-refractivity contribution in [3.63, 3.8) is 0 Å². The second kappa shape index (κ2) is 6.12. The van der Waals surface area contributed by atoms with Crippen LogP contribution >= 0.6 is 0 Å². The Morgan fingerprint density at radius 1 is 1.26 bits per heavy atom. The minimum Gasteiger partial charge on any atom is -0.409 e. The van der Waals surface area contributed by atoms with Crippen LogP contribution in [0.25, 0.3) is 0 Å². The van der Waals surface area contributed by atoms with Crippen molar-refractivity contribution < 1.29 is 5.21 Å². The molecule has 3 N–H and O–H groups in total. The lowest BCUT2D eigenvalue weighted by molar-refractivity contribution is 0.0550. The minimum absolute atomic E-state index is 0.212. The Morgan fingerprint density at radius 3 is 2.68 bits per heavy atom. The molecule has 2 fully saturated rings. The molecule has 0 aromatic rings. The summed E-state index contributed by atoms with van der Waals surface area (Å²) in [6, 6.07) is 0.797. The molecule has 4 nitrogen and oxygen atoms in total.